The average Bonchev–Trinajstić information content (AvgIpc) is 2.91. The van der Waals surface area contributed by atoms with Gasteiger partial charge in [0.2, 0.25) is 0 Å². The maximum absolute atomic E-state index is 6.32. The Balaban J connectivity index is 0.00000147. The minimum absolute atomic E-state index is 0. The first kappa shape index (κ1) is 16.4. The van der Waals surface area contributed by atoms with E-state index in [9.17, 15) is 0 Å². The van der Waals surface area contributed by atoms with Crippen molar-refractivity contribution in [1.82, 2.24) is 4.90 Å². The summed E-state index contributed by atoms with van der Waals surface area (Å²) in [5.74, 6) is 1.46. The number of hydrogen-bond donors (Lipinski definition) is 1. The zero-order chi connectivity index (χ0) is 13.6. The Morgan fingerprint density at radius 1 is 1.25 bits per heavy atom. The molecule has 2 aliphatic rings. The minimum atomic E-state index is 0. The molecule has 4 unspecified atom stereocenters. The summed E-state index contributed by atoms with van der Waals surface area (Å²) < 4.78 is 0. The summed E-state index contributed by atoms with van der Waals surface area (Å²) in [7, 11) is 0. The molecule has 1 heterocycles. The molecule has 2 nitrogen and oxygen atoms in total. The van der Waals surface area contributed by atoms with Crippen molar-refractivity contribution in [2.24, 2.45) is 17.6 Å². The van der Waals surface area contributed by atoms with Crippen LogP contribution in [0.5, 0.6) is 0 Å². The van der Waals surface area contributed by atoms with Gasteiger partial charge in [0.25, 0.3) is 0 Å². The number of fused-ring (bicyclic) bond motifs is 1. The van der Waals surface area contributed by atoms with Gasteiger partial charge < -0.3 is 5.73 Å². The highest BCUT2D eigenvalue weighted by atomic mass is 35.5. The van der Waals surface area contributed by atoms with Gasteiger partial charge >= 0.3 is 0 Å². The summed E-state index contributed by atoms with van der Waals surface area (Å²) in [6, 6.07) is 6.52. The molecule has 1 aromatic rings. The number of likely N-dealkylation sites (tertiary alicyclic amines) is 1. The zero-order valence-electron chi connectivity index (χ0n) is 11.6. The van der Waals surface area contributed by atoms with Gasteiger partial charge in [-0.05, 0) is 49.3 Å². The molecule has 4 atom stereocenters. The molecular formula is C15H21Cl3N2. The Hall–Kier alpha value is 0.01000. The van der Waals surface area contributed by atoms with E-state index in [1.165, 1.54) is 18.4 Å². The summed E-state index contributed by atoms with van der Waals surface area (Å²) in [5.41, 5.74) is 7.37. The summed E-state index contributed by atoms with van der Waals surface area (Å²) >= 11 is 12.3. The standard InChI is InChI=1S/C15H20Cl2N2.ClH/c1-9(12-4-3-11(16)6-14(12)17)19-7-10-2-5-15(18)13(10)8-19;/h3-4,6,9-10,13,15H,2,5,7-8,18H2,1H3;1H. The van der Waals surface area contributed by atoms with Crippen molar-refractivity contribution in [2.45, 2.75) is 31.8 Å². The van der Waals surface area contributed by atoms with Crippen molar-refractivity contribution >= 4 is 35.6 Å². The van der Waals surface area contributed by atoms with Crippen LogP contribution in [0.4, 0.5) is 0 Å². The molecule has 20 heavy (non-hydrogen) atoms. The van der Waals surface area contributed by atoms with E-state index < -0.39 is 0 Å². The molecule has 2 fully saturated rings. The van der Waals surface area contributed by atoms with E-state index in [4.69, 9.17) is 28.9 Å². The number of benzene rings is 1. The maximum atomic E-state index is 6.32. The molecule has 2 N–H and O–H groups in total. The summed E-state index contributed by atoms with van der Waals surface area (Å²) in [4.78, 5) is 2.52. The molecule has 1 saturated heterocycles. The lowest BCUT2D eigenvalue weighted by Gasteiger charge is -2.27. The number of nitrogens with zero attached hydrogens (tertiary/aromatic N) is 1. The van der Waals surface area contributed by atoms with Gasteiger partial charge in [-0.15, -0.1) is 12.4 Å². The molecule has 3 rings (SSSR count). The van der Waals surface area contributed by atoms with Crippen LogP contribution in [0.1, 0.15) is 31.4 Å². The third-order valence-corrected chi connectivity index (χ3v) is 5.46. The number of rotatable bonds is 2. The zero-order valence-corrected chi connectivity index (χ0v) is 13.9. The Bertz CT molecular complexity index is 480. The van der Waals surface area contributed by atoms with Crippen molar-refractivity contribution < 1.29 is 0 Å². The predicted molar refractivity (Wildman–Crippen MR) is 87.9 cm³/mol. The summed E-state index contributed by atoms with van der Waals surface area (Å²) in [6.45, 7) is 4.48. The average molecular weight is 336 g/mol. The van der Waals surface area contributed by atoms with Crippen LogP contribution in [-0.2, 0) is 0 Å². The largest absolute Gasteiger partial charge is 0.327 e. The monoisotopic (exact) mass is 334 g/mol. The predicted octanol–water partition coefficient (Wildman–Crippen LogP) is 4.15. The van der Waals surface area contributed by atoms with Crippen molar-refractivity contribution in [3.63, 3.8) is 0 Å². The molecule has 1 aliphatic heterocycles. The summed E-state index contributed by atoms with van der Waals surface area (Å²) in [6.07, 6.45) is 2.47. The molecular weight excluding hydrogens is 315 g/mol. The lowest BCUT2D eigenvalue weighted by Crippen LogP contribution is -2.31. The van der Waals surface area contributed by atoms with Crippen LogP contribution in [0.15, 0.2) is 18.2 Å². The van der Waals surface area contributed by atoms with Gasteiger partial charge in [0.15, 0.2) is 0 Å². The summed E-state index contributed by atoms with van der Waals surface area (Å²) in [5, 5.41) is 1.46. The quantitative estimate of drug-likeness (QED) is 0.880. The van der Waals surface area contributed by atoms with E-state index in [2.05, 4.69) is 11.8 Å². The Labute approximate surface area is 137 Å². The van der Waals surface area contributed by atoms with Gasteiger partial charge in [-0.25, -0.2) is 0 Å². The first-order chi connectivity index (χ1) is 9.06. The van der Waals surface area contributed by atoms with E-state index in [0.29, 0.717) is 23.0 Å². The Kier molecular flexibility index (Phi) is 5.25. The molecule has 1 saturated carbocycles. The van der Waals surface area contributed by atoms with Crippen molar-refractivity contribution in [3.8, 4) is 0 Å². The topological polar surface area (TPSA) is 29.3 Å². The molecule has 1 aromatic carbocycles. The lowest BCUT2D eigenvalue weighted by atomic mass is 9.98. The molecule has 0 aromatic heterocycles. The highest BCUT2D eigenvalue weighted by molar-refractivity contribution is 6.35. The molecule has 5 heteroatoms. The minimum Gasteiger partial charge on any atom is -0.327 e. The molecule has 0 amide bonds. The van der Waals surface area contributed by atoms with E-state index >= 15 is 0 Å². The van der Waals surface area contributed by atoms with Gasteiger partial charge in [0.05, 0.1) is 0 Å². The van der Waals surface area contributed by atoms with Crippen LogP contribution >= 0.6 is 35.6 Å². The second kappa shape index (κ2) is 6.41. The molecule has 1 aliphatic carbocycles. The van der Waals surface area contributed by atoms with Crippen LogP contribution in [0, 0.1) is 11.8 Å². The van der Waals surface area contributed by atoms with Crippen molar-refractivity contribution in [2.75, 3.05) is 13.1 Å². The second-order valence-corrected chi connectivity index (χ2v) is 6.80. The van der Waals surface area contributed by atoms with Gasteiger partial charge in [-0.2, -0.15) is 0 Å². The van der Waals surface area contributed by atoms with Gasteiger partial charge in [-0.3, -0.25) is 4.90 Å². The van der Waals surface area contributed by atoms with Crippen molar-refractivity contribution in [1.29, 1.82) is 0 Å². The fourth-order valence-electron chi connectivity index (χ4n) is 3.70. The van der Waals surface area contributed by atoms with Crippen LogP contribution < -0.4 is 5.73 Å². The SMILES string of the molecule is CC(c1ccc(Cl)cc1Cl)N1CC2CCC(N)C2C1.Cl. The maximum Gasteiger partial charge on any atom is 0.0468 e. The second-order valence-electron chi connectivity index (χ2n) is 5.96. The van der Waals surface area contributed by atoms with Crippen LogP contribution in [0.25, 0.3) is 0 Å². The van der Waals surface area contributed by atoms with E-state index in [1.807, 2.05) is 18.2 Å². The van der Waals surface area contributed by atoms with Crippen LogP contribution in [0.2, 0.25) is 10.0 Å². The normalized spacial score (nSPS) is 30.9. The van der Waals surface area contributed by atoms with Crippen molar-refractivity contribution in [3.05, 3.63) is 33.8 Å². The molecule has 0 radical (unpaired) electrons. The van der Waals surface area contributed by atoms with Crippen LogP contribution in [-0.4, -0.2) is 24.0 Å². The first-order valence-electron chi connectivity index (χ1n) is 7.01. The van der Waals surface area contributed by atoms with Gasteiger partial charge in [0, 0.05) is 35.2 Å². The number of halogens is 3. The number of hydrogen-bond acceptors (Lipinski definition) is 2. The van der Waals surface area contributed by atoms with Gasteiger partial charge in [0.1, 0.15) is 0 Å². The molecule has 0 spiro atoms. The highest BCUT2D eigenvalue weighted by Gasteiger charge is 2.42. The van der Waals surface area contributed by atoms with E-state index in [0.717, 1.165) is 24.0 Å². The third-order valence-electron chi connectivity index (χ3n) is 4.90. The highest BCUT2D eigenvalue weighted by Crippen LogP contribution is 2.41. The smallest absolute Gasteiger partial charge is 0.0468 e. The first-order valence-corrected chi connectivity index (χ1v) is 7.76. The fourth-order valence-corrected chi connectivity index (χ4v) is 4.26. The third kappa shape index (κ3) is 2.95. The number of nitrogens with two attached hydrogens (primary N) is 1. The van der Waals surface area contributed by atoms with Crippen LogP contribution in [0.3, 0.4) is 0 Å². The Morgan fingerprint density at radius 2 is 2.00 bits per heavy atom. The molecule has 112 valence electrons. The molecule has 0 bridgehead atoms. The van der Waals surface area contributed by atoms with E-state index in [-0.39, 0.29) is 12.4 Å². The Morgan fingerprint density at radius 3 is 2.65 bits per heavy atom. The fraction of sp³-hybridized carbons (Fsp3) is 0.600. The van der Waals surface area contributed by atoms with Gasteiger partial charge in [-0.1, -0.05) is 29.3 Å². The lowest BCUT2D eigenvalue weighted by molar-refractivity contribution is 0.239. The van der Waals surface area contributed by atoms with E-state index in [1.54, 1.807) is 0 Å².